The first kappa shape index (κ1) is 20.2. The van der Waals surface area contributed by atoms with Gasteiger partial charge in [-0.1, -0.05) is 29.8 Å². The van der Waals surface area contributed by atoms with Gasteiger partial charge < -0.3 is 14.4 Å². The van der Waals surface area contributed by atoms with Crippen molar-refractivity contribution in [2.45, 2.75) is 13.5 Å². The second-order valence-electron chi connectivity index (χ2n) is 6.61. The van der Waals surface area contributed by atoms with Crippen LogP contribution in [0.5, 0.6) is 0 Å². The molecule has 0 aromatic heterocycles. The number of benzene rings is 2. The Morgan fingerprint density at radius 2 is 1.82 bits per heavy atom. The Morgan fingerprint density at radius 3 is 2.46 bits per heavy atom. The van der Waals surface area contributed by atoms with Crippen molar-refractivity contribution in [2.75, 3.05) is 38.3 Å². The maximum Gasteiger partial charge on any atom is 0.337 e. The summed E-state index contributed by atoms with van der Waals surface area (Å²) in [7, 11) is 1.35. The van der Waals surface area contributed by atoms with Gasteiger partial charge in [-0.05, 0) is 42.3 Å². The number of esters is 1. The second kappa shape index (κ2) is 9.08. The zero-order valence-corrected chi connectivity index (χ0v) is 16.7. The highest BCUT2D eigenvalue weighted by Gasteiger charge is 2.26. The number of amides is 2. The van der Waals surface area contributed by atoms with Crippen LogP contribution in [0, 0.1) is 6.92 Å². The van der Waals surface area contributed by atoms with E-state index >= 15 is 0 Å². The topological polar surface area (TPSA) is 59.1 Å². The summed E-state index contributed by atoms with van der Waals surface area (Å²) in [4.78, 5) is 28.3. The molecule has 2 amide bonds. The summed E-state index contributed by atoms with van der Waals surface area (Å²) >= 11 is 6.43. The van der Waals surface area contributed by atoms with Crippen molar-refractivity contribution in [2.24, 2.45) is 0 Å². The van der Waals surface area contributed by atoms with Crippen molar-refractivity contribution in [1.29, 1.82) is 0 Å². The van der Waals surface area contributed by atoms with Crippen LogP contribution in [0.25, 0.3) is 0 Å². The van der Waals surface area contributed by atoms with Crippen LogP contribution in [0.3, 0.4) is 0 Å². The number of hydrogen-bond acceptors (Lipinski definition) is 4. The van der Waals surface area contributed by atoms with Crippen molar-refractivity contribution in [3.8, 4) is 0 Å². The number of halogens is 1. The van der Waals surface area contributed by atoms with Gasteiger partial charge in [0.1, 0.15) is 0 Å². The van der Waals surface area contributed by atoms with E-state index in [1.807, 2.05) is 31.2 Å². The van der Waals surface area contributed by atoms with E-state index in [2.05, 4.69) is 0 Å². The summed E-state index contributed by atoms with van der Waals surface area (Å²) in [5.74, 6) is -0.394. The van der Waals surface area contributed by atoms with Crippen LogP contribution in [-0.2, 0) is 16.0 Å². The molecule has 1 aliphatic heterocycles. The largest absolute Gasteiger partial charge is 0.465 e. The lowest BCUT2D eigenvalue weighted by Gasteiger charge is -2.33. The number of morpholine rings is 1. The van der Waals surface area contributed by atoms with Gasteiger partial charge in [0.2, 0.25) is 0 Å². The second-order valence-corrected chi connectivity index (χ2v) is 7.02. The Balaban J connectivity index is 1.90. The molecule has 1 aliphatic rings. The Bertz CT molecular complexity index is 848. The quantitative estimate of drug-likeness (QED) is 0.728. The molecule has 1 heterocycles. The van der Waals surface area contributed by atoms with E-state index in [-0.39, 0.29) is 6.03 Å². The van der Waals surface area contributed by atoms with E-state index < -0.39 is 5.97 Å². The molecule has 1 fully saturated rings. The highest BCUT2D eigenvalue weighted by molar-refractivity contribution is 6.33. The Kier molecular flexibility index (Phi) is 6.54. The van der Waals surface area contributed by atoms with Crippen LogP contribution in [0.2, 0.25) is 5.02 Å². The molecule has 1 saturated heterocycles. The highest BCUT2D eigenvalue weighted by atomic mass is 35.5. The average Bonchev–Trinajstić information content (AvgIpc) is 2.74. The van der Waals surface area contributed by atoms with Gasteiger partial charge in [-0.3, -0.25) is 4.90 Å². The van der Waals surface area contributed by atoms with Crippen molar-refractivity contribution in [3.63, 3.8) is 0 Å². The SMILES string of the molecule is COC(=O)c1ccc(CN(C(=O)N2CCOCC2)c2cc(C)ccc2Cl)cc1. The summed E-state index contributed by atoms with van der Waals surface area (Å²) in [6.45, 7) is 4.42. The van der Waals surface area contributed by atoms with Gasteiger partial charge in [-0.25, -0.2) is 9.59 Å². The fourth-order valence-electron chi connectivity index (χ4n) is 3.06. The Hall–Kier alpha value is -2.57. The smallest absolute Gasteiger partial charge is 0.337 e. The van der Waals surface area contributed by atoms with E-state index in [0.717, 1.165) is 11.1 Å². The van der Waals surface area contributed by atoms with Gasteiger partial charge in [-0.2, -0.15) is 0 Å². The van der Waals surface area contributed by atoms with Crippen LogP contribution < -0.4 is 4.90 Å². The van der Waals surface area contributed by atoms with Gasteiger partial charge in [0.15, 0.2) is 0 Å². The van der Waals surface area contributed by atoms with Gasteiger partial charge in [0.25, 0.3) is 0 Å². The maximum atomic E-state index is 13.3. The summed E-state index contributed by atoms with van der Waals surface area (Å²) in [6.07, 6.45) is 0. The van der Waals surface area contributed by atoms with Crippen molar-refractivity contribution in [1.82, 2.24) is 4.90 Å². The van der Waals surface area contributed by atoms with Crippen LogP contribution >= 0.6 is 11.6 Å². The van der Waals surface area contributed by atoms with Crippen LogP contribution in [0.4, 0.5) is 10.5 Å². The summed E-state index contributed by atoms with van der Waals surface area (Å²) < 4.78 is 10.1. The van der Waals surface area contributed by atoms with E-state index in [1.165, 1.54) is 7.11 Å². The fraction of sp³-hybridized carbons (Fsp3) is 0.333. The van der Waals surface area contributed by atoms with E-state index in [4.69, 9.17) is 21.1 Å². The molecular formula is C21H23ClN2O4. The zero-order chi connectivity index (χ0) is 20.1. The number of nitrogens with zero attached hydrogens (tertiary/aromatic N) is 2. The van der Waals surface area contributed by atoms with Crippen LogP contribution in [0.15, 0.2) is 42.5 Å². The standard InChI is InChI=1S/C21H23ClN2O4/c1-15-3-8-18(22)19(13-15)24(21(26)23-9-11-28-12-10-23)14-16-4-6-17(7-5-16)20(25)27-2/h3-8,13H,9-12,14H2,1-2H3. The van der Waals surface area contributed by atoms with Gasteiger partial charge >= 0.3 is 12.0 Å². The molecule has 2 aromatic rings. The Labute approximate surface area is 169 Å². The summed E-state index contributed by atoms with van der Waals surface area (Å²) in [6, 6.07) is 12.5. The number of methoxy groups -OCH3 is 1. The molecule has 148 valence electrons. The molecule has 3 rings (SSSR count). The predicted octanol–water partition coefficient (Wildman–Crippen LogP) is 3.89. The number of anilines is 1. The minimum Gasteiger partial charge on any atom is -0.465 e. The van der Waals surface area contributed by atoms with Crippen LogP contribution in [-0.4, -0.2) is 50.3 Å². The Morgan fingerprint density at radius 1 is 1.14 bits per heavy atom. The molecule has 0 radical (unpaired) electrons. The molecule has 0 bridgehead atoms. The third-order valence-corrected chi connectivity index (χ3v) is 4.94. The third-order valence-electron chi connectivity index (χ3n) is 4.62. The van der Waals surface area contributed by atoms with Crippen molar-refractivity contribution >= 4 is 29.3 Å². The fourth-order valence-corrected chi connectivity index (χ4v) is 3.28. The normalized spacial score (nSPS) is 13.9. The number of aryl methyl sites for hydroxylation is 1. The summed E-state index contributed by atoms with van der Waals surface area (Å²) in [5.41, 5.74) is 3.02. The first-order valence-corrected chi connectivity index (χ1v) is 9.45. The molecule has 0 aliphatic carbocycles. The number of carbonyl (C=O) groups is 2. The van der Waals surface area contributed by atoms with Crippen molar-refractivity contribution in [3.05, 3.63) is 64.2 Å². The van der Waals surface area contributed by atoms with Gasteiger partial charge in [0, 0.05) is 13.1 Å². The van der Waals surface area contributed by atoms with E-state index in [1.54, 1.807) is 28.0 Å². The molecule has 0 unspecified atom stereocenters. The molecule has 28 heavy (non-hydrogen) atoms. The van der Waals surface area contributed by atoms with Gasteiger partial charge in [0.05, 0.1) is 43.1 Å². The first-order chi connectivity index (χ1) is 13.5. The molecule has 0 saturated carbocycles. The lowest BCUT2D eigenvalue weighted by Crippen LogP contribution is -2.48. The molecule has 7 heteroatoms. The lowest BCUT2D eigenvalue weighted by molar-refractivity contribution is 0.0548. The van der Waals surface area contributed by atoms with E-state index in [0.29, 0.717) is 49.1 Å². The minimum absolute atomic E-state index is 0.118. The third kappa shape index (κ3) is 4.64. The monoisotopic (exact) mass is 402 g/mol. The average molecular weight is 403 g/mol. The zero-order valence-electron chi connectivity index (χ0n) is 16.0. The van der Waals surface area contributed by atoms with Crippen LogP contribution in [0.1, 0.15) is 21.5 Å². The molecule has 0 spiro atoms. The molecule has 0 N–H and O–H groups in total. The highest BCUT2D eigenvalue weighted by Crippen LogP contribution is 2.29. The number of hydrogen-bond donors (Lipinski definition) is 0. The maximum absolute atomic E-state index is 13.3. The first-order valence-electron chi connectivity index (χ1n) is 9.07. The molecule has 2 aromatic carbocycles. The van der Waals surface area contributed by atoms with E-state index in [9.17, 15) is 9.59 Å². The lowest BCUT2D eigenvalue weighted by atomic mass is 10.1. The van der Waals surface area contributed by atoms with Gasteiger partial charge in [-0.15, -0.1) is 0 Å². The molecule has 0 atom stereocenters. The summed E-state index contributed by atoms with van der Waals surface area (Å²) in [5, 5.41) is 0.512. The number of rotatable bonds is 4. The molecule has 6 nitrogen and oxygen atoms in total. The number of carbonyl (C=O) groups excluding carboxylic acids is 2. The number of ether oxygens (including phenoxy) is 2. The minimum atomic E-state index is -0.394. The van der Waals surface area contributed by atoms with Crippen molar-refractivity contribution < 1.29 is 19.1 Å². The number of urea groups is 1. The molecular weight excluding hydrogens is 380 g/mol. The predicted molar refractivity (Wildman–Crippen MR) is 108 cm³/mol.